The van der Waals surface area contributed by atoms with E-state index in [0.717, 1.165) is 0 Å². The zero-order valence-corrected chi connectivity index (χ0v) is 15.0. The standard InChI is InChI=1S/C15H15F6N3.2ClH/c16-14(17,18)11-7-10(8-12(9-11)15(19,20)21)13(1-2-22)24-5-3-23-4-6-24;;/h7-9,13,23H,1,3-6H2;2*1H/t13-;;/m0../s1. The molecule has 2 rings (SSSR count). The van der Waals surface area contributed by atoms with Crippen LogP contribution >= 0.6 is 24.8 Å². The molecule has 1 aromatic rings. The highest BCUT2D eigenvalue weighted by molar-refractivity contribution is 5.85. The number of nitriles is 1. The molecule has 0 unspecified atom stereocenters. The average molecular weight is 424 g/mol. The van der Waals surface area contributed by atoms with Gasteiger partial charge in [-0.3, -0.25) is 4.90 Å². The van der Waals surface area contributed by atoms with Crippen LogP contribution in [-0.2, 0) is 12.4 Å². The summed E-state index contributed by atoms with van der Waals surface area (Å²) in [5, 5.41) is 12.0. The van der Waals surface area contributed by atoms with Gasteiger partial charge < -0.3 is 5.32 Å². The smallest absolute Gasteiger partial charge is 0.314 e. The van der Waals surface area contributed by atoms with Crippen molar-refractivity contribution in [3.05, 3.63) is 34.9 Å². The minimum absolute atomic E-state index is 0. The number of alkyl halides is 6. The van der Waals surface area contributed by atoms with E-state index in [9.17, 15) is 26.3 Å². The number of halogens is 8. The molecule has 0 bridgehead atoms. The summed E-state index contributed by atoms with van der Waals surface area (Å²) in [4.78, 5) is 1.73. The highest BCUT2D eigenvalue weighted by Gasteiger charge is 2.38. The second-order valence-electron chi connectivity index (χ2n) is 5.50. The van der Waals surface area contributed by atoms with Crippen LogP contribution in [0.15, 0.2) is 18.2 Å². The van der Waals surface area contributed by atoms with Crippen LogP contribution < -0.4 is 5.32 Å². The molecule has 1 aliphatic rings. The first-order valence-electron chi connectivity index (χ1n) is 7.24. The van der Waals surface area contributed by atoms with Gasteiger partial charge in [-0.05, 0) is 23.8 Å². The van der Waals surface area contributed by atoms with Crippen molar-refractivity contribution in [1.29, 1.82) is 5.26 Å². The molecule has 26 heavy (non-hydrogen) atoms. The van der Waals surface area contributed by atoms with Crippen molar-refractivity contribution in [2.24, 2.45) is 0 Å². The fourth-order valence-electron chi connectivity index (χ4n) is 2.71. The summed E-state index contributed by atoms with van der Waals surface area (Å²) in [6, 6.07) is 2.57. The molecule has 1 atom stereocenters. The zero-order chi connectivity index (χ0) is 18.0. The van der Waals surface area contributed by atoms with Gasteiger partial charge in [0.25, 0.3) is 0 Å². The Morgan fingerprint density at radius 2 is 1.42 bits per heavy atom. The third kappa shape index (κ3) is 6.20. The topological polar surface area (TPSA) is 39.1 Å². The lowest BCUT2D eigenvalue weighted by Crippen LogP contribution is -2.45. The third-order valence-corrected chi connectivity index (χ3v) is 3.87. The van der Waals surface area contributed by atoms with E-state index in [1.54, 1.807) is 4.90 Å². The second kappa shape index (κ2) is 9.65. The lowest BCUT2D eigenvalue weighted by molar-refractivity contribution is -0.143. The zero-order valence-electron chi connectivity index (χ0n) is 13.3. The predicted octanol–water partition coefficient (Wildman–Crippen LogP) is 4.43. The molecule has 1 aliphatic heterocycles. The van der Waals surface area contributed by atoms with Crippen LogP contribution in [-0.4, -0.2) is 31.1 Å². The minimum atomic E-state index is -4.89. The molecule has 0 saturated carbocycles. The first-order chi connectivity index (χ1) is 11.1. The van der Waals surface area contributed by atoms with E-state index in [-0.39, 0.29) is 42.9 Å². The van der Waals surface area contributed by atoms with Gasteiger partial charge in [0, 0.05) is 32.2 Å². The van der Waals surface area contributed by atoms with Crippen molar-refractivity contribution in [2.45, 2.75) is 24.8 Å². The quantitative estimate of drug-likeness (QED) is 0.731. The Balaban J connectivity index is 0.00000312. The van der Waals surface area contributed by atoms with E-state index in [2.05, 4.69) is 5.32 Å². The van der Waals surface area contributed by atoms with Crippen molar-refractivity contribution in [3.63, 3.8) is 0 Å². The van der Waals surface area contributed by atoms with Crippen LogP contribution in [0.5, 0.6) is 0 Å². The Morgan fingerprint density at radius 1 is 0.962 bits per heavy atom. The Hall–Kier alpha value is -1.21. The van der Waals surface area contributed by atoms with Gasteiger partial charge >= 0.3 is 12.4 Å². The molecule has 11 heteroatoms. The fourth-order valence-corrected chi connectivity index (χ4v) is 2.71. The van der Waals surface area contributed by atoms with Gasteiger partial charge in [0.05, 0.1) is 23.6 Å². The molecule has 0 aromatic heterocycles. The summed E-state index contributed by atoms with van der Waals surface area (Å²) in [6.07, 6.45) is -9.97. The summed E-state index contributed by atoms with van der Waals surface area (Å²) in [6.45, 7) is 2.02. The molecule has 1 saturated heterocycles. The van der Waals surface area contributed by atoms with Crippen LogP contribution in [0, 0.1) is 11.3 Å². The van der Waals surface area contributed by atoms with E-state index in [0.29, 0.717) is 38.3 Å². The van der Waals surface area contributed by atoms with Gasteiger partial charge in [0.2, 0.25) is 0 Å². The first kappa shape index (κ1) is 24.8. The molecule has 0 aliphatic carbocycles. The number of rotatable bonds is 3. The Morgan fingerprint density at radius 3 is 1.81 bits per heavy atom. The highest BCUT2D eigenvalue weighted by Crippen LogP contribution is 2.38. The van der Waals surface area contributed by atoms with E-state index >= 15 is 0 Å². The summed E-state index contributed by atoms with van der Waals surface area (Å²) < 4.78 is 77.8. The van der Waals surface area contributed by atoms with Gasteiger partial charge in [-0.1, -0.05) is 0 Å². The van der Waals surface area contributed by atoms with Gasteiger partial charge in [0.1, 0.15) is 0 Å². The summed E-state index contributed by atoms with van der Waals surface area (Å²) in [5.74, 6) is 0. The average Bonchev–Trinajstić information content (AvgIpc) is 2.51. The molecule has 3 nitrogen and oxygen atoms in total. The normalized spacial score (nSPS) is 16.8. The van der Waals surface area contributed by atoms with E-state index in [4.69, 9.17) is 5.26 Å². The molecule has 1 aromatic carbocycles. The van der Waals surface area contributed by atoms with Crippen molar-refractivity contribution in [3.8, 4) is 6.07 Å². The molecule has 1 heterocycles. The molecule has 1 N–H and O–H groups in total. The summed E-state index contributed by atoms with van der Waals surface area (Å²) in [7, 11) is 0. The molecule has 148 valence electrons. The summed E-state index contributed by atoms with van der Waals surface area (Å²) >= 11 is 0. The number of hydrogen-bond donors (Lipinski definition) is 1. The van der Waals surface area contributed by atoms with Crippen LogP contribution in [0.2, 0.25) is 0 Å². The third-order valence-electron chi connectivity index (χ3n) is 3.87. The largest absolute Gasteiger partial charge is 0.416 e. The Kier molecular flexibility index (Phi) is 9.20. The number of nitrogens with zero attached hydrogens (tertiary/aromatic N) is 2. The van der Waals surface area contributed by atoms with E-state index in [1.165, 1.54) is 0 Å². The van der Waals surface area contributed by atoms with Gasteiger partial charge in [-0.15, -0.1) is 24.8 Å². The van der Waals surface area contributed by atoms with Gasteiger partial charge in [0.15, 0.2) is 0 Å². The fraction of sp³-hybridized carbons (Fsp3) is 0.533. The van der Waals surface area contributed by atoms with E-state index < -0.39 is 29.5 Å². The van der Waals surface area contributed by atoms with Gasteiger partial charge in [-0.2, -0.15) is 31.6 Å². The molecule has 0 spiro atoms. The molecule has 1 fully saturated rings. The van der Waals surface area contributed by atoms with Crippen molar-refractivity contribution in [1.82, 2.24) is 10.2 Å². The van der Waals surface area contributed by atoms with Crippen LogP contribution in [0.1, 0.15) is 29.2 Å². The predicted molar refractivity (Wildman–Crippen MR) is 88.4 cm³/mol. The van der Waals surface area contributed by atoms with E-state index in [1.807, 2.05) is 6.07 Å². The van der Waals surface area contributed by atoms with Crippen molar-refractivity contribution < 1.29 is 26.3 Å². The lowest BCUT2D eigenvalue weighted by atomic mass is 9.96. The maximum atomic E-state index is 13.0. The first-order valence-corrected chi connectivity index (χ1v) is 7.24. The molecular weight excluding hydrogens is 407 g/mol. The second-order valence-corrected chi connectivity index (χ2v) is 5.50. The lowest BCUT2D eigenvalue weighted by Gasteiger charge is -2.34. The minimum Gasteiger partial charge on any atom is -0.314 e. The maximum absolute atomic E-state index is 13.0. The SMILES string of the molecule is Cl.Cl.N#CC[C@@H](c1cc(C(F)(F)F)cc(C(F)(F)F)c1)N1CCNCC1. The highest BCUT2D eigenvalue weighted by atomic mass is 35.5. The number of piperazine rings is 1. The molecular formula is C15H17Cl2F6N3. The number of nitrogens with one attached hydrogen (secondary N) is 1. The van der Waals surface area contributed by atoms with Crippen LogP contribution in [0.4, 0.5) is 26.3 Å². The Bertz CT molecular complexity index is 589. The molecule has 0 amide bonds. The van der Waals surface area contributed by atoms with Crippen LogP contribution in [0.3, 0.4) is 0 Å². The van der Waals surface area contributed by atoms with Crippen LogP contribution in [0.25, 0.3) is 0 Å². The molecule has 0 radical (unpaired) electrons. The van der Waals surface area contributed by atoms with Gasteiger partial charge in [-0.25, -0.2) is 0 Å². The number of benzene rings is 1. The van der Waals surface area contributed by atoms with Crippen molar-refractivity contribution in [2.75, 3.05) is 26.2 Å². The number of hydrogen-bond acceptors (Lipinski definition) is 3. The Labute approximate surface area is 159 Å². The van der Waals surface area contributed by atoms with Crippen molar-refractivity contribution >= 4 is 24.8 Å². The maximum Gasteiger partial charge on any atom is 0.416 e. The summed E-state index contributed by atoms with van der Waals surface area (Å²) in [5.41, 5.74) is -2.85. The monoisotopic (exact) mass is 423 g/mol.